The summed E-state index contributed by atoms with van der Waals surface area (Å²) >= 11 is -1.92. The average Bonchev–Trinajstić information content (AvgIpc) is 2.83. The molecule has 0 N–H and O–H groups in total. The van der Waals surface area contributed by atoms with Crippen molar-refractivity contribution in [3.8, 4) is 0 Å². The molecule has 0 bridgehead atoms. The summed E-state index contributed by atoms with van der Waals surface area (Å²) in [5.74, 6) is 1.38. The third kappa shape index (κ3) is 5.43. The molecule has 2 rings (SSSR count). The molecular formula is C14H15Cl3Ti+. The molecule has 0 heterocycles. The molecule has 0 unspecified atom stereocenters. The van der Waals surface area contributed by atoms with Gasteiger partial charge < -0.3 is 0 Å². The van der Waals surface area contributed by atoms with Gasteiger partial charge in [-0.1, -0.05) is 44.2 Å². The summed E-state index contributed by atoms with van der Waals surface area (Å²) in [5, 5.41) is 0. The maximum atomic E-state index is 4.97. The molecule has 1 aliphatic rings. The van der Waals surface area contributed by atoms with Gasteiger partial charge in [0, 0.05) is 0 Å². The zero-order valence-electron chi connectivity index (χ0n) is 10.3. The van der Waals surface area contributed by atoms with E-state index in [1.807, 2.05) is 0 Å². The predicted molar refractivity (Wildman–Crippen MR) is 77.5 cm³/mol. The van der Waals surface area contributed by atoms with Crippen molar-refractivity contribution in [1.29, 1.82) is 0 Å². The molecule has 0 amide bonds. The summed E-state index contributed by atoms with van der Waals surface area (Å²) in [7, 11) is 14.9. The molecule has 1 aromatic carbocycles. The van der Waals surface area contributed by atoms with Crippen LogP contribution in [0.15, 0.2) is 30.3 Å². The summed E-state index contributed by atoms with van der Waals surface area (Å²) in [6, 6.07) is 10.6. The molecule has 0 saturated heterocycles. The van der Waals surface area contributed by atoms with Crippen LogP contribution < -0.4 is 0 Å². The third-order valence-corrected chi connectivity index (χ3v) is 2.88. The number of halogens is 3. The molecular weight excluding hydrogens is 322 g/mol. The first-order valence-electron chi connectivity index (χ1n) is 5.55. The zero-order chi connectivity index (χ0) is 13.6. The molecule has 1 aliphatic carbocycles. The van der Waals surface area contributed by atoms with Gasteiger partial charge in [0.1, 0.15) is 0 Å². The summed E-state index contributed by atoms with van der Waals surface area (Å²) in [5.41, 5.74) is 1.48. The van der Waals surface area contributed by atoms with Crippen molar-refractivity contribution in [1.82, 2.24) is 0 Å². The fraction of sp³-hybridized carbons (Fsp3) is 0.214. The van der Waals surface area contributed by atoms with Gasteiger partial charge in [-0.2, -0.15) is 0 Å². The van der Waals surface area contributed by atoms with Crippen molar-refractivity contribution in [3.63, 3.8) is 0 Å². The Morgan fingerprint density at radius 3 is 1.78 bits per heavy atom. The van der Waals surface area contributed by atoms with E-state index in [9.17, 15) is 0 Å². The quantitative estimate of drug-likeness (QED) is 0.631. The molecule has 0 aliphatic heterocycles. The SMILES string of the molecule is CC(C)([C]1[CH][CH][CH][CH]1)c1ccccc1.[Cl][Ti+]([Cl])[Cl]. The van der Waals surface area contributed by atoms with Crippen LogP contribution in [-0.4, -0.2) is 0 Å². The average molecular weight is 338 g/mol. The van der Waals surface area contributed by atoms with E-state index in [1.165, 1.54) is 11.5 Å². The first-order chi connectivity index (χ1) is 8.44. The second-order valence-electron chi connectivity index (χ2n) is 4.38. The van der Waals surface area contributed by atoms with Crippen LogP contribution in [0.2, 0.25) is 0 Å². The van der Waals surface area contributed by atoms with Crippen LogP contribution in [-0.2, 0) is 20.1 Å². The number of hydrogen-bond acceptors (Lipinski definition) is 0. The normalized spacial score (nSPS) is 16.1. The van der Waals surface area contributed by atoms with Crippen LogP contribution in [0.5, 0.6) is 0 Å². The monoisotopic (exact) mass is 336 g/mol. The molecule has 1 fully saturated rings. The van der Waals surface area contributed by atoms with Gasteiger partial charge >= 0.3 is 42.6 Å². The van der Waals surface area contributed by atoms with Gasteiger partial charge in [-0.15, -0.1) is 0 Å². The summed E-state index contributed by atoms with van der Waals surface area (Å²) in [4.78, 5) is 0. The summed E-state index contributed by atoms with van der Waals surface area (Å²) in [6.45, 7) is 4.52. The van der Waals surface area contributed by atoms with Crippen LogP contribution in [0.4, 0.5) is 0 Å². The maximum absolute atomic E-state index is 4.97. The number of hydrogen-bond donors (Lipinski definition) is 0. The zero-order valence-corrected chi connectivity index (χ0v) is 14.2. The Morgan fingerprint density at radius 2 is 1.33 bits per heavy atom. The van der Waals surface area contributed by atoms with E-state index in [0.29, 0.717) is 0 Å². The Hall–Kier alpha value is 0.804. The van der Waals surface area contributed by atoms with Crippen LogP contribution in [0.1, 0.15) is 19.4 Å². The van der Waals surface area contributed by atoms with Gasteiger partial charge in [0.05, 0.1) is 0 Å². The molecule has 18 heavy (non-hydrogen) atoms. The van der Waals surface area contributed by atoms with E-state index < -0.39 is 14.7 Å². The molecule has 5 radical (unpaired) electrons. The van der Waals surface area contributed by atoms with Crippen molar-refractivity contribution in [3.05, 3.63) is 67.5 Å². The van der Waals surface area contributed by atoms with Gasteiger partial charge in [-0.25, -0.2) is 0 Å². The van der Waals surface area contributed by atoms with E-state index in [0.717, 1.165) is 0 Å². The second kappa shape index (κ2) is 8.17. The molecule has 0 nitrogen and oxygen atoms in total. The van der Waals surface area contributed by atoms with Crippen LogP contribution >= 0.6 is 27.9 Å². The molecule has 0 atom stereocenters. The second-order valence-corrected chi connectivity index (χ2v) is 12.1. The van der Waals surface area contributed by atoms with Crippen LogP contribution in [0.25, 0.3) is 0 Å². The van der Waals surface area contributed by atoms with Gasteiger partial charge in [0.15, 0.2) is 0 Å². The Labute approximate surface area is 128 Å². The van der Waals surface area contributed by atoms with Crippen LogP contribution in [0, 0.1) is 31.6 Å². The van der Waals surface area contributed by atoms with E-state index >= 15 is 0 Å². The molecule has 4 heteroatoms. The van der Waals surface area contributed by atoms with Crippen molar-refractivity contribution < 1.29 is 14.7 Å². The topological polar surface area (TPSA) is 0 Å². The number of benzene rings is 1. The van der Waals surface area contributed by atoms with Gasteiger partial charge in [-0.3, -0.25) is 0 Å². The molecule has 0 aromatic heterocycles. The Kier molecular flexibility index (Phi) is 7.65. The van der Waals surface area contributed by atoms with Crippen molar-refractivity contribution in [2.24, 2.45) is 0 Å². The Morgan fingerprint density at radius 1 is 0.889 bits per heavy atom. The molecule has 1 aromatic rings. The predicted octanol–water partition coefficient (Wildman–Crippen LogP) is 5.44. The fourth-order valence-corrected chi connectivity index (χ4v) is 1.81. The van der Waals surface area contributed by atoms with E-state index in [2.05, 4.69) is 69.9 Å². The minimum atomic E-state index is -1.92. The standard InChI is InChI=1S/C14H15.3ClH.Ti/c1-14(2,13-10-6-7-11-13)12-8-4-3-5-9-12;;;;/h3-11H,1-2H3;3*1H;/q;;;;+4/p-3. The Balaban J connectivity index is 0.000000357. The molecule has 1 saturated carbocycles. The van der Waals surface area contributed by atoms with Gasteiger partial charge in [0.25, 0.3) is 0 Å². The molecule has 95 valence electrons. The summed E-state index contributed by atoms with van der Waals surface area (Å²) < 4.78 is 0. The van der Waals surface area contributed by atoms with Crippen molar-refractivity contribution in [2.75, 3.05) is 0 Å². The summed E-state index contributed by atoms with van der Waals surface area (Å²) in [6.07, 6.45) is 8.57. The van der Waals surface area contributed by atoms with Gasteiger partial charge in [0.2, 0.25) is 0 Å². The van der Waals surface area contributed by atoms with Crippen molar-refractivity contribution in [2.45, 2.75) is 19.3 Å². The first-order valence-corrected chi connectivity index (χ1v) is 12.0. The van der Waals surface area contributed by atoms with E-state index in [1.54, 1.807) is 0 Å². The number of rotatable bonds is 2. The fourth-order valence-electron chi connectivity index (χ4n) is 1.81. The van der Waals surface area contributed by atoms with E-state index in [4.69, 9.17) is 27.9 Å². The van der Waals surface area contributed by atoms with E-state index in [-0.39, 0.29) is 5.41 Å². The third-order valence-electron chi connectivity index (χ3n) is 2.88. The molecule has 0 spiro atoms. The van der Waals surface area contributed by atoms with Crippen molar-refractivity contribution >= 4 is 27.9 Å². The minimum absolute atomic E-state index is 0.116. The van der Waals surface area contributed by atoms with Gasteiger partial charge in [-0.05, 0) is 42.6 Å². The first kappa shape index (κ1) is 16.9. The Bertz CT molecular complexity index is 329. The van der Waals surface area contributed by atoms with Crippen LogP contribution in [0.3, 0.4) is 0 Å².